The molecule has 4 rings (SSSR count). The Bertz CT molecular complexity index is 766. The molecule has 0 radical (unpaired) electrons. The van der Waals surface area contributed by atoms with Crippen molar-refractivity contribution in [2.24, 2.45) is 11.8 Å². The summed E-state index contributed by atoms with van der Waals surface area (Å²) in [5.74, 6) is 2.11. The van der Waals surface area contributed by atoms with Gasteiger partial charge in [-0.1, -0.05) is 5.16 Å². The van der Waals surface area contributed by atoms with Gasteiger partial charge in [0.25, 0.3) is 5.91 Å². The number of aromatic nitrogens is 4. The number of hydrogen-bond donors (Lipinski definition) is 0. The number of hydrogen-bond acceptors (Lipinski definition) is 6. The maximum atomic E-state index is 13.0. The van der Waals surface area contributed by atoms with Gasteiger partial charge in [0.15, 0.2) is 5.82 Å². The van der Waals surface area contributed by atoms with Crippen LogP contribution in [0.3, 0.4) is 0 Å². The lowest BCUT2D eigenvalue weighted by molar-refractivity contribution is 0.0727. The predicted molar refractivity (Wildman–Crippen MR) is 92.6 cm³/mol. The van der Waals surface area contributed by atoms with Crippen LogP contribution in [0.15, 0.2) is 16.8 Å². The Morgan fingerprint density at radius 2 is 2.19 bits per heavy atom. The Morgan fingerprint density at radius 3 is 2.88 bits per heavy atom. The molecule has 140 valence electrons. The van der Waals surface area contributed by atoms with E-state index in [4.69, 9.17) is 9.26 Å². The number of likely N-dealkylation sites (tertiary alicyclic amines) is 1. The first-order valence-electron chi connectivity index (χ1n) is 9.34. The molecule has 1 saturated heterocycles. The van der Waals surface area contributed by atoms with Crippen molar-refractivity contribution in [2.75, 3.05) is 26.3 Å². The average Bonchev–Trinajstić information content (AvgIpc) is 3.03. The van der Waals surface area contributed by atoms with Gasteiger partial charge in [-0.05, 0) is 38.7 Å². The Hall–Kier alpha value is -2.22. The maximum Gasteiger partial charge on any atom is 0.272 e. The van der Waals surface area contributed by atoms with E-state index in [0.717, 1.165) is 12.5 Å². The second-order valence-corrected chi connectivity index (χ2v) is 7.27. The SMILES string of the molecule is CCn1nccc1C(=O)N1C[C@@H](COCC2CC2)[C@H](c2nc(C)no2)C1. The molecular formula is C18H25N5O3. The van der Waals surface area contributed by atoms with E-state index < -0.39 is 0 Å². The van der Waals surface area contributed by atoms with Crippen LogP contribution in [0.4, 0.5) is 0 Å². The van der Waals surface area contributed by atoms with Crippen LogP contribution in [0.1, 0.15) is 47.9 Å². The van der Waals surface area contributed by atoms with E-state index in [-0.39, 0.29) is 17.7 Å². The Kier molecular flexibility index (Phi) is 4.76. The van der Waals surface area contributed by atoms with Gasteiger partial charge < -0.3 is 14.2 Å². The summed E-state index contributed by atoms with van der Waals surface area (Å²) in [7, 11) is 0. The monoisotopic (exact) mass is 359 g/mol. The molecule has 2 aromatic heterocycles. The van der Waals surface area contributed by atoms with E-state index in [1.54, 1.807) is 16.9 Å². The lowest BCUT2D eigenvalue weighted by atomic mass is 9.97. The van der Waals surface area contributed by atoms with Crippen molar-refractivity contribution < 1.29 is 14.1 Å². The Balaban J connectivity index is 1.48. The topological polar surface area (TPSA) is 86.3 Å². The van der Waals surface area contributed by atoms with E-state index >= 15 is 0 Å². The molecule has 1 amide bonds. The van der Waals surface area contributed by atoms with Gasteiger partial charge in [0.2, 0.25) is 5.89 Å². The molecule has 2 aliphatic rings. The third-order valence-corrected chi connectivity index (χ3v) is 5.21. The molecular weight excluding hydrogens is 334 g/mol. The van der Waals surface area contributed by atoms with Crippen LogP contribution < -0.4 is 0 Å². The summed E-state index contributed by atoms with van der Waals surface area (Å²) in [6, 6.07) is 1.77. The molecule has 2 fully saturated rings. The number of ether oxygens (including phenoxy) is 1. The number of aryl methyl sites for hydroxylation is 2. The number of amides is 1. The largest absolute Gasteiger partial charge is 0.381 e. The number of nitrogens with zero attached hydrogens (tertiary/aromatic N) is 5. The zero-order chi connectivity index (χ0) is 18.1. The molecule has 1 aliphatic carbocycles. The lowest BCUT2D eigenvalue weighted by Gasteiger charge is -2.17. The highest BCUT2D eigenvalue weighted by Gasteiger charge is 2.40. The van der Waals surface area contributed by atoms with Crippen LogP contribution >= 0.6 is 0 Å². The quantitative estimate of drug-likeness (QED) is 0.750. The summed E-state index contributed by atoms with van der Waals surface area (Å²) in [6.45, 7) is 7.07. The van der Waals surface area contributed by atoms with Crippen molar-refractivity contribution in [1.29, 1.82) is 0 Å². The highest BCUT2D eigenvalue weighted by molar-refractivity contribution is 5.92. The zero-order valence-electron chi connectivity index (χ0n) is 15.3. The zero-order valence-corrected chi connectivity index (χ0v) is 15.3. The first-order chi connectivity index (χ1) is 12.7. The van der Waals surface area contributed by atoms with Gasteiger partial charge in [0, 0.05) is 38.4 Å². The van der Waals surface area contributed by atoms with Crippen LogP contribution in [0.25, 0.3) is 0 Å². The fourth-order valence-corrected chi connectivity index (χ4v) is 3.55. The summed E-state index contributed by atoms with van der Waals surface area (Å²) in [5, 5.41) is 8.12. The minimum absolute atomic E-state index is 0.00437. The summed E-state index contributed by atoms with van der Waals surface area (Å²) in [6.07, 6.45) is 4.20. The number of carbonyl (C=O) groups is 1. The van der Waals surface area contributed by atoms with E-state index in [2.05, 4.69) is 15.2 Å². The molecule has 2 aromatic rings. The van der Waals surface area contributed by atoms with Crippen LogP contribution in [0.2, 0.25) is 0 Å². The number of carbonyl (C=O) groups excluding carboxylic acids is 1. The molecule has 8 nitrogen and oxygen atoms in total. The molecule has 0 bridgehead atoms. The highest BCUT2D eigenvalue weighted by atomic mass is 16.5. The van der Waals surface area contributed by atoms with Crippen LogP contribution in [-0.2, 0) is 11.3 Å². The minimum Gasteiger partial charge on any atom is -0.381 e. The first kappa shape index (κ1) is 17.2. The van der Waals surface area contributed by atoms with E-state index in [9.17, 15) is 4.79 Å². The number of rotatable bonds is 7. The van der Waals surface area contributed by atoms with Crippen molar-refractivity contribution in [2.45, 2.75) is 39.2 Å². The van der Waals surface area contributed by atoms with Gasteiger partial charge in [0.05, 0.1) is 12.5 Å². The molecule has 2 atom stereocenters. The van der Waals surface area contributed by atoms with Crippen molar-refractivity contribution in [3.05, 3.63) is 29.7 Å². The molecule has 1 aliphatic heterocycles. The third kappa shape index (κ3) is 3.51. The molecule has 0 spiro atoms. The third-order valence-electron chi connectivity index (χ3n) is 5.21. The van der Waals surface area contributed by atoms with Crippen molar-refractivity contribution in [3.63, 3.8) is 0 Å². The van der Waals surface area contributed by atoms with Crippen LogP contribution in [0.5, 0.6) is 0 Å². The van der Waals surface area contributed by atoms with Gasteiger partial charge >= 0.3 is 0 Å². The van der Waals surface area contributed by atoms with Gasteiger partial charge in [-0.25, -0.2) is 0 Å². The minimum atomic E-state index is -0.00437. The van der Waals surface area contributed by atoms with Crippen LogP contribution in [-0.4, -0.2) is 57.0 Å². The summed E-state index contributed by atoms with van der Waals surface area (Å²) in [4.78, 5) is 19.2. The first-order valence-corrected chi connectivity index (χ1v) is 9.34. The van der Waals surface area contributed by atoms with Crippen molar-refractivity contribution >= 4 is 5.91 Å². The molecule has 0 aromatic carbocycles. The fraction of sp³-hybridized carbons (Fsp3) is 0.667. The second kappa shape index (κ2) is 7.19. The summed E-state index contributed by atoms with van der Waals surface area (Å²) in [5.41, 5.74) is 0.618. The van der Waals surface area contributed by atoms with E-state index in [1.165, 1.54) is 12.8 Å². The standard InChI is InChI=1S/C18H25N5O3/c1-3-23-16(6-7-19-23)18(24)22-8-14(11-25-10-13-4-5-13)15(9-22)17-20-12(2)21-26-17/h6-7,13-15H,3-5,8-11H2,1-2H3/t14-,15+/m0/s1. The van der Waals surface area contributed by atoms with Gasteiger partial charge in [0.1, 0.15) is 5.69 Å². The van der Waals surface area contributed by atoms with Crippen molar-refractivity contribution in [1.82, 2.24) is 24.8 Å². The molecule has 3 heterocycles. The van der Waals surface area contributed by atoms with E-state index in [0.29, 0.717) is 43.7 Å². The molecule has 0 N–H and O–H groups in total. The molecule has 26 heavy (non-hydrogen) atoms. The van der Waals surface area contributed by atoms with Gasteiger partial charge in [-0.3, -0.25) is 9.48 Å². The summed E-state index contributed by atoms with van der Waals surface area (Å²) >= 11 is 0. The van der Waals surface area contributed by atoms with Crippen LogP contribution in [0, 0.1) is 18.8 Å². The van der Waals surface area contributed by atoms with E-state index in [1.807, 2.05) is 18.7 Å². The van der Waals surface area contributed by atoms with Gasteiger partial charge in [-0.2, -0.15) is 10.1 Å². The van der Waals surface area contributed by atoms with Crippen molar-refractivity contribution in [3.8, 4) is 0 Å². The fourth-order valence-electron chi connectivity index (χ4n) is 3.55. The summed E-state index contributed by atoms with van der Waals surface area (Å²) < 4.78 is 13.1. The molecule has 8 heteroatoms. The Labute approximate surface area is 152 Å². The normalized spacial score (nSPS) is 22.9. The predicted octanol–water partition coefficient (Wildman–Crippen LogP) is 1.88. The smallest absolute Gasteiger partial charge is 0.272 e. The molecule has 1 saturated carbocycles. The second-order valence-electron chi connectivity index (χ2n) is 7.27. The average molecular weight is 359 g/mol. The Morgan fingerprint density at radius 1 is 1.35 bits per heavy atom. The maximum absolute atomic E-state index is 13.0. The lowest BCUT2D eigenvalue weighted by Crippen LogP contribution is -2.31. The van der Waals surface area contributed by atoms with Gasteiger partial charge in [-0.15, -0.1) is 0 Å². The molecule has 0 unspecified atom stereocenters. The highest BCUT2D eigenvalue weighted by Crippen LogP contribution is 2.34.